The fourth-order valence-electron chi connectivity index (χ4n) is 15.3. The van der Waals surface area contributed by atoms with Gasteiger partial charge >= 0.3 is 0 Å². The second-order valence-corrected chi connectivity index (χ2v) is 21.4. The summed E-state index contributed by atoms with van der Waals surface area (Å²) in [6.45, 7) is 4.80. The Labute approximate surface area is 424 Å². The zero-order valence-electron chi connectivity index (χ0n) is 40.5. The molecule has 2 heterocycles. The third-order valence-corrected chi connectivity index (χ3v) is 18.0. The van der Waals surface area contributed by atoms with Crippen LogP contribution >= 0.6 is 0 Å². The molecule has 2 heteroatoms. The van der Waals surface area contributed by atoms with E-state index in [1.807, 2.05) is 0 Å². The highest BCUT2D eigenvalue weighted by Crippen LogP contribution is 2.66. The Kier molecular flexibility index (Phi) is 7.45. The highest BCUT2D eigenvalue weighted by atomic mass is 15.2. The summed E-state index contributed by atoms with van der Waals surface area (Å²) in [5.74, 6) is 0. The summed E-state index contributed by atoms with van der Waals surface area (Å²) in [6, 6.07) is 92.8. The molecule has 17 rings (SSSR count). The van der Waals surface area contributed by atoms with Crippen LogP contribution in [-0.2, 0) is 16.2 Å². The monoisotopic (exact) mass is 926 g/mol. The molecule has 0 saturated heterocycles. The summed E-state index contributed by atoms with van der Waals surface area (Å²) in [6.07, 6.45) is 0. The van der Waals surface area contributed by atoms with E-state index in [4.69, 9.17) is 0 Å². The van der Waals surface area contributed by atoms with Gasteiger partial charge < -0.3 is 9.47 Å². The number of hydrogen-bond donors (Lipinski definition) is 0. The minimum absolute atomic E-state index is 0.189. The quantitative estimate of drug-likeness (QED) is 0.171. The van der Waals surface area contributed by atoms with Crippen LogP contribution in [0.15, 0.2) is 243 Å². The summed E-state index contributed by atoms with van der Waals surface area (Å²) in [5.41, 5.74) is 29.7. The van der Waals surface area contributed by atoms with E-state index in [2.05, 4.69) is 266 Å². The molecular formula is C71H46N2. The number of fused-ring (bicyclic) bond motifs is 25. The zero-order chi connectivity index (χ0) is 48.0. The lowest BCUT2D eigenvalue weighted by Crippen LogP contribution is -2.33. The lowest BCUT2D eigenvalue weighted by atomic mass is 9.65. The Morgan fingerprint density at radius 3 is 1.40 bits per heavy atom. The van der Waals surface area contributed by atoms with Gasteiger partial charge in [0.05, 0.1) is 33.2 Å². The van der Waals surface area contributed by atoms with Crippen molar-refractivity contribution in [2.75, 3.05) is 4.90 Å². The Balaban J connectivity index is 0.995. The fourth-order valence-corrected chi connectivity index (χ4v) is 15.3. The van der Waals surface area contributed by atoms with Crippen molar-refractivity contribution < 1.29 is 0 Å². The summed E-state index contributed by atoms with van der Waals surface area (Å²) in [4.78, 5) is 2.60. The van der Waals surface area contributed by atoms with Gasteiger partial charge in [-0.2, -0.15) is 0 Å². The maximum absolute atomic E-state index is 2.60. The van der Waals surface area contributed by atoms with Gasteiger partial charge in [0.2, 0.25) is 0 Å². The van der Waals surface area contributed by atoms with Crippen molar-refractivity contribution in [1.82, 2.24) is 4.57 Å². The standard InChI is InChI=1S/C71H46N2/c1-69(2)54-27-10-3-19-45(54)50-39-37-43(41-63(50)69)72(65-36-18-33-61-67(65)53-25-8-15-32-59(53)70(61)55-28-11-4-20-46(55)47-21-5-12-29-56(47)70)44-38-40-60-66(42-44)73-64-35-16-9-24-51(64)52-26-17-34-62(68(52)73)71(60)57-30-13-6-22-48(57)49-23-7-14-31-58(49)71/h3-42H,1-2H3. The molecule has 340 valence electrons. The number of para-hydroxylation sites is 2. The van der Waals surface area contributed by atoms with Crippen LogP contribution in [0.2, 0.25) is 0 Å². The molecule has 0 amide bonds. The van der Waals surface area contributed by atoms with Crippen LogP contribution < -0.4 is 4.90 Å². The zero-order valence-corrected chi connectivity index (χ0v) is 40.5. The molecule has 0 radical (unpaired) electrons. The lowest BCUT2D eigenvalue weighted by Gasteiger charge is -2.40. The van der Waals surface area contributed by atoms with Crippen molar-refractivity contribution in [3.8, 4) is 50.2 Å². The Morgan fingerprint density at radius 1 is 0.315 bits per heavy atom. The van der Waals surface area contributed by atoms with Gasteiger partial charge in [-0.3, -0.25) is 0 Å². The fraction of sp³-hybridized carbons (Fsp3) is 0.0704. The molecule has 0 bridgehead atoms. The minimum Gasteiger partial charge on any atom is -0.310 e. The van der Waals surface area contributed by atoms with Gasteiger partial charge in [0.1, 0.15) is 0 Å². The van der Waals surface area contributed by atoms with Gasteiger partial charge in [0, 0.05) is 33.1 Å². The van der Waals surface area contributed by atoms with Crippen molar-refractivity contribution >= 4 is 38.9 Å². The molecule has 1 aromatic heterocycles. The normalized spacial score (nSPS) is 15.3. The maximum atomic E-state index is 2.60. The van der Waals surface area contributed by atoms with Crippen LogP contribution in [0.25, 0.3) is 72.0 Å². The average Bonchev–Trinajstić information content (AvgIpc) is 4.24. The second kappa shape index (κ2) is 13.7. The maximum Gasteiger partial charge on any atom is 0.0754 e. The third kappa shape index (κ3) is 4.59. The van der Waals surface area contributed by atoms with Crippen molar-refractivity contribution in [2.45, 2.75) is 30.1 Å². The molecule has 12 aromatic rings. The molecule has 1 aliphatic heterocycles. The largest absolute Gasteiger partial charge is 0.310 e. The molecule has 0 saturated carbocycles. The minimum atomic E-state index is -0.540. The molecule has 0 unspecified atom stereocenters. The average molecular weight is 927 g/mol. The van der Waals surface area contributed by atoms with Gasteiger partial charge in [0.25, 0.3) is 0 Å². The topological polar surface area (TPSA) is 8.17 Å². The van der Waals surface area contributed by atoms with Gasteiger partial charge in [-0.1, -0.05) is 220 Å². The van der Waals surface area contributed by atoms with Gasteiger partial charge in [-0.15, -0.1) is 0 Å². The molecule has 11 aromatic carbocycles. The second-order valence-electron chi connectivity index (χ2n) is 21.4. The van der Waals surface area contributed by atoms with E-state index >= 15 is 0 Å². The van der Waals surface area contributed by atoms with Crippen molar-refractivity contribution in [2.24, 2.45) is 0 Å². The van der Waals surface area contributed by atoms with Crippen LogP contribution in [0.4, 0.5) is 17.1 Å². The predicted molar refractivity (Wildman–Crippen MR) is 300 cm³/mol. The van der Waals surface area contributed by atoms with Crippen LogP contribution in [-0.4, -0.2) is 4.57 Å². The first kappa shape index (κ1) is 39.7. The Morgan fingerprint density at radius 2 is 0.753 bits per heavy atom. The van der Waals surface area contributed by atoms with Crippen molar-refractivity contribution in [3.05, 3.63) is 298 Å². The summed E-state index contributed by atoms with van der Waals surface area (Å²) in [7, 11) is 0. The Bertz CT molecular complexity index is 4350. The first-order valence-corrected chi connectivity index (χ1v) is 25.8. The SMILES string of the molecule is CC1(C)c2ccccc2-c2ccc(N(c3ccc4c(c3)-n3c5ccccc5c5cccc(c53)C43c4ccccc4-c4ccccc43)c3cccc4c3-c3ccccc3C43c4ccccc4-c4ccccc43)cc21. The molecule has 0 fully saturated rings. The van der Waals surface area contributed by atoms with E-state index in [-0.39, 0.29) is 5.41 Å². The lowest BCUT2D eigenvalue weighted by molar-refractivity contribution is 0.660. The van der Waals surface area contributed by atoms with Crippen LogP contribution in [0, 0.1) is 0 Å². The van der Waals surface area contributed by atoms with E-state index in [0.717, 1.165) is 11.4 Å². The molecule has 2 nitrogen and oxygen atoms in total. The molecule has 4 aliphatic carbocycles. The first-order valence-electron chi connectivity index (χ1n) is 25.8. The molecule has 5 aliphatic rings. The van der Waals surface area contributed by atoms with Gasteiger partial charge in [0.15, 0.2) is 0 Å². The van der Waals surface area contributed by atoms with Crippen molar-refractivity contribution in [1.29, 1.82) is 0 Å². The number of rotatable bonds is 3. The number of aromatic nitrogens is 1. The molecule has 0 atom stereocenters. The van der Waals surface area contributed by atoms with Crippen LogP contribution in [0.3, 0.4) is 0 Å². The number of anilines is 3. The smallest absolute Gasteiger partial charge is 0.0754 e. The molecular weight excluding hydrogens is 881 g/mol. The van der Waals surface area contributed by atoms with E-state index < -0.39 is 10.8 Å². The number of benzene rings is 11. The highest BCUT2D eigenvalue weighted by Gasteiger charge is 2.54. The highest BCUT2D eigenvalue weighted by molar-refractivity contribution is 6.13. The molecule has 0 N–H and O–H groups in total. The predicted octanol–water partition coefficient (Wildman–Crippen LogP) is 17.6. The van der Waals surface area contributed by atoms with Crippen LogP contribution in [0.5, 0.6) is 0 Å². The number of nitrogens with zero attached hydrogens (tertiary/aromatic N) is 2. The van der Waals surface area contributed by atoms with Gasteiger partial charge in [-0.25, -0.2) is 0 Å². The Hall–Kier alpha value is -8.98. The number of hydrogen-bond acceptors (Lipinski definition) is 1. The van der Waals surface area contributed by atoms with E-state index in [9.17, 15) is 0 Å². The molecule has 2 spiro atoms. The van der Waals surface area contributed by atoms with E-state index in [1.165, 1.54) is 133 Å². The summed E-state index contributed by atoms with van der Waals surface area (Å²) in [5, 5.41) is 2.55. The van der Waals surface area contributed by atoms with Crippen LogP contribution in [0.1, 0.15) is 69.5 Å². The van der Waals surface area contributed by atoms with E-state index in [1.54, 1.807) is 0 Å². The molecule has 73 heavy (non-hydrogen) atoms. The summed E-state index contributed by atoms with van der Waals surface area (Å²) >= 11 is 0. The summed E-state index contributed by atoms with van der Waals surface area (Å²) < 4.78 is 2.60. The van der Waals surface area contributed by atoms with Gasteiger partial charge in [-0.05, 0) is 131 Å². The van der Waals surface area contributed by atoms with Crippen molar-refractivity contribution in [3.63, 3.8) is 0 Å². The van der Waals surface area contributed by atoms with E-state index in [0.29, 0.717) is 0 Å². The first-order chi connectivity index (χ1) is 36.0. The third-order valence-electron chi connectivity index (χ3n) is 18.0.